The lowest BCUT2D eigenvalue weighted by atomic mass is 9.85. The van der Waals surface area contributed by atoms with E-state index in [0.717, 1.165) is 4.90 Å². The third-order valence-electron chi connectivity index (χ3n) is 12.8. The van der Waals surface area contributed by atoms with Crippen molar-refractivity contribution in [2.45, 2.75) is 139 Å². The average Bonchev–Trinajstić information content (AvgIpc) is 4.14. The van der Waals surface area contributed by atoms with Gasteiger partial charge in [-0.2, -0.15) is 8.78 Å². The maximum absolute atomic E-state index is 16.5. The van der Waals surface area contributed by atoms with Gasteiger partial charge in [0.2, 0.25) is 34.1 Å². The van der Waals surface area contributed by atoms with E-state index < -0.39 is 129 Å². The first-order valence-electron chi connectivity index (χ1n) is 21.2. The minimum atomic E-state index is -4.22. The molecule has 15 nitrogen and oxygen atoms in total. The van der Waals surface area contributed by atoms with Crippen molar-refractivity contribution in [3.05, 3.63) is 36.0 Å². The van der Waals surface area contributed by atoms with Gasteiger partial charge in [0.15, 0.2) is 5.69 Å². The Morgan fingerprint density at radius 2 is 1.76 bits per heavy atom. The number of hydrogen-bond acceptors (Lipinski definition) is 11. The Morgan fingerprint density at radius 1 is 1.03 bits per heavy atom. The van der Waals surface area contributed by atoms with Crippen molar-refractivity contribution < 1.29 is 59.4 Å². The molecule has 20 heteroatoms. The number of sulfonamides is 1. The van der Waals surface area contributed by atoms with E-state index in [0.29, 0.717) is 31.4 Å². The largest absolute Gasteiger partial charge is 0.497 e. The van der Waals surface area contributed by atoms with Crippen molar-refractivity contribution in [2.75, 3.05) is 13.7 Å². The number of hydrogen-bond donors (Lipinski definition) is 3. The first-order valence-corrected chi connectivity index (χ1v) is 22.7. The molecule has 0 spiro atoms. The van der Waals surface area contributed by atoms with Crippen LogP contribution < -0.4 is 24.8 Å². The maximum atomic E-state index is 16.5. The Morgan fingerprint density at radius 3 is 2.40 bits per heavy atom. The van der Waals surface area contributed by atoms with Crippen LogP contribution >= 0.6 is 0 Å². The highest BCUT2D eigenvalue weighted by Gasteiger charge is 2.67. The minimum absolute atomic E-state index is 0.0485. The van der Waals surface area contributed by atoms with Crippen LogP contribution in [0.25, 0.3) is 11.0 Å². The van der Waals surface area contributed by atoms with Crippen molar-refractivity contribution in [3.8, 4) is 11.6 Å². The third kappa shape index (κ3) is 9.16. The molecule has 3 heterocycles. The first kappa shape index (κ1) is 45.3. The number of carbonyl (C=O) groups is 4. The molecule has 62 heavy (non-hydrogen) atoms. The van der Waals surface area contributed by atoms with Crippen molar-refractivity contribution >= 4 is 44.9 Å². The molecule has 3 N–H and O–H groups in total. The van der Waals surface area contributed by atoms with E-state index in [2.05, 4.69) is 20.6 Å². The molecule has 0 radical (unpaired) electrons. The number of methoxy groups -OCH3 is 1. The molecule has 3 aliphatic carbocycles. The molecule has 7 rings (SSSR count). The smallest absolute Gasteiger partial charge is 0.408 e. The summed E-state index contributed by atoms with van der Waals surface area (Å²) in [6.07, 6.45) is -0.923. The summed E-state index contributed by atoms with van der Waals surface area (Å²) in [5.74, 6) is -10.0. The second kappa shape index (κ2) is 17.1. The number of fused-ring (bicyclic) bond motifs is 5. The zero-order valence-electron chi connectivity index (χ0n) is 35.3. The zero-order valence-corrected chi connectivity index (χ0v) is 36.1. The fourth-order valence-electron chi connectivity index (χ4n) is 8.96. The molecule has 2 aliphatic heterocycles. The predicted molar refractivity (Wildman–Crippen MR) is 216 cm³/mol. The number of nitrogens with one attached hydrogen (secondary N) is 3. The van der Waals surface area contributed by atoms with Gasteiger partial charge in [0.05, 0.1) is 35.9 Å². The fraction of sp³-hybridized carbons (Fsp3) is 0.667. The summed E-state index contributed by atoms with van der Waals surface area (Å²) in [6, 6.07) is 1.56. The van der Waals surface area contributed by atoms with Crippen LogP contribution in [0.15, 0.2) is 30.4 Å². The van der Waals surface area contributed by atoms with E-state index in [-0.39, 0.29) is 42.6 Å². The molecule has 1 saturated heterocycles. The number of ether oxygens (including phenoxy) is 3. The summed E-state index contributed by atoms with van der Waals surface area (Å²) in [7, 11) is -2.80. The lowest BCUT2D eigenvalue weighted by Gasteiger charge is -2.36. The lowest BCUT2D eigenvalue weighted by molar-refractivity contribution is -0.144. The zero-order chi connectivity index (χ0) is 44.9. The number of carbonyl (C=O) groups excluding carboxylic acids is 4. The molecule has 1 aromatic heterocycles. The average molecular weight is 895 g/mol. The normalized spacial score (nSPS) is 30.5. The van der Waals surface area contributed by atoms with Gasteiger partial charge in [-0.15, -0.1) is 0 Å². The molecule has 2 bridgehead atoms. The number of nitrogens with zero attached hydrogens (tertiary/aromatic N) is 3. The van der Waals surface area contributed by atoms with Gasteiger partial charge in [-0.25, -0.2) is 32.0 Å². The molecule has 2 saturated carbocycles. The number of aromatic nitrogens is 2. The van der Waals surface area contributed by atoms with E-state index in [1.165, 1.54) is 19.2 Å². The van der Waals surface area contributed by atoms with Crippen molar-refractivity contribution in [1.82, 2.24) is 30.2 Å². The summed E-state index contributed by atoms with van der Waals surface area (Å²) in [6.45, 7) is 6.23. The maximum Gasteiger partial charge on any atom is 0.408 e. The van der Waals surface area contributed by atoms with Gasteiger partial charge in [-0.05, 0) is 68.4 Å². The molecule has 2 aromatic rings. The Balaban J connectivity index is 1.31. The van der Waals surface area contributed by atoms with Gasteiger partial charge in [0.25, 0.3) is 11.8 Å². The Kier molecular flexibility index (Phi) is 12.5. The molecule has 8 atom stereocenters. The SMILES string of the molecule is CC[C@@H]1[C@@H]2CN(C(=O)[C@H](C(C)(C)C)NC(=O)O[C@@H]3CC=CC[C@H]3CCCCC(F)(F)c3nc4ccc(OC)cc4nc3O2)[C@@H]1C(=O)N[C@]1(C(=O)NS(=O)(=O)C2CC2)C[C@H]1C(F)F. The first-order chi connectivity index (χ1) is 29.2. The quantitative estimate of drug-likeness (QED) is 0.223. The monoisotopic (exact) mass is 894 g/mol. The highest BCUT2D eigenvalue weighted by Crippen LogP contribution is 2.49. The van der Waals surface area contributed by atoms with Crippen LogP contribution in [-0.2, 0) is 35.1 Å². The van der Waals surface area contributed by atoms with Gasteiger partial charge < -0.3 is 29.7 Å². The van der Waals surface area contributed by atoms with Crippen LogP contribution in [0.2, 0.25) is 0 Å². The van der Waals surface area contributed by atoms with E-state index >= 15 is 8.78 Å². The number of alkyl carbamates (subject to hydrolysis) is 1. The third-order valence-corrected chi connectivity index (χ3v) is 14.6. The lowest BCUT2D eigenvalue weighted by Crippen LogP contribution is -2.61. The molecule has 0 unspecified atom stereocenters. The fourth-order valence-corrected chi connectivity index (χ4v) is 10.3. The highest BCUT2D eigenvalue weighted by atomic mass is 32.2. The number of benzene rings is 1. The number of allylic oxidation sites excluding steroid dienone is 1. The van der Waals surface area contributed by atoms with E-state index in [4.69, 9.17) is 14.2 Å². The predicted octanol–water partition coefficient (Wildman–Crippen LogP) is 5.51. The van der Waals surface area contributed by atoms with Crippen LogP contribution in [0.3, 0.4) is 0 Å². The van der Waals surface area contributed by atoms with Gasteiger partial charge in [0, 0.05) is 24.8 Å². The Hall–Kier alpha value is -4.75. The summed E-state index contributed by atoms with van der Waals surface area (Å²) in [5.41, 5.74) is -3.85. The van der Waals surface area contributed by atoms with Gasteiger partial charge in [0.1, 0.15) is 35.6 Å². The van der Waals surface area contributed by atoms with Crippen molar-refractivity contribution in [1.29, 1.82) is 0 Å². The highest BCUT2D eigenvalue weighted by molar-refractivity contribution is 7.91. The van der Waals surface area contributed by atoms with Crippen LogP contribution in [-0.4, -0.2) is 102 Å². The second-order valence-corrected chi connectivity index (χ2v) is 20.2. The minimum Gasteiger partial charge on any atom is -0.497 e. The van der Waals surface area contributed by atoms with E-state index in [1.807, 2.05) is 16.9 Å². The molecule has 3 fully saturated rings. The number of amides is 4. The van der Waals surface area contributed by atoms with Crippen molar-refractivity contribution in [3.63, 3.8) is 0 Å². The molecule has 340 valence electrons. The summed E-state index contributed by atoms with van der Waals surface area (Å²) < 4.78 is 107. The van der Waals surface area contributed by atoms with Gasteiger partial charge in [-0.3, -0.25) is 19.1 Å². The molecule has 1 aromatic carbocycles. The van der Waals surface area contributed by atoms with Crippen LogP contribution in [0.4, 0.5) is 22.4 Å². The van der Waals surface area contributed by atoms with Crippen molar-refractivity contribution in [2.24, 2.45) is 23.2 Å². The Bertz CT molecular complexity index is 2220. The number of rotatable bonds is 8. The molecule has 4 amide bonds. The topological polar surface area (TPSA) is 195 Å². The van der Waals surface area contributed by atoms with Gasteiger partial charge >= 0.3 is 6.09 Å². The van der Waals surface area contributed by atoms with E-state index in [9.17, 15) is 36.4 Å². The summed E-state index contributed by atoms with van der Waals surface area (Å²) in [4.78, 5) is 66.9. The van der Waals surface area contributed by atoms with Crippen LogP contribution in [0.5, 0.6) is 11.6 Å². The summed E-state index contributed by atoms with van der Waals surface area (Å²) in [5, 5.41) is 4.23. The molecular formula is C42H54F4N6O9S. The second-order valence-electron chi connectivity index (χ2n) is 18.2. The number of halogens is 4. The van der Waals surface area contributed by atoms with Gasteiger partial charge in [-0.1, -0.05) is 46.3 Å². The summed E-state index contributed by atoms with van der Waals surface area (Å²) >= 11 is 0. The molecular weight excluding hydrogens is 841 g/mol. The molecule has 5 aliphatic rings. The standard InChI is InChI=1S/C42H54F4N6O9S/c1-6-25-30-21-52(31(25)35(53)50-41(20-26(41)34(43)44)38(55)51-62(57,58)24-15-16-24)37(54)33(40(2,3)4)49-39(56)61-29-13-8-7-11-22(29)12-9-10-18-42(45,46)32-36(60-30)48-28-19-23(59-5)14-17-27(28)47-32/h7-8,14,17,19,22,24-26,29-31,33-34H,6,9-13,15-16,18,20-21H2,1-5H3,(H,49,56)(H,50,53)(H,51,55)/t22-,25+,26-,29+,30-,31-,33+,41+/m0/s1. The van der Waals surface area contributed by atoms with Crippen LogP contribution in [0.1, 0.15) is 97.6 Å². The Labute approximate surface area is 357 Å². The van der Waals surface area contributed by atoms with E-state index in [1.54, 1.807) is 33.8 Å². The van der Waals surface area contributed by atoms with Crippen LogP contribution in [0, 0.1) is 23.2 Å². The number of alkyl halides is 4.